The van der Waals surface area contributed by atoms with E-state index in [-0.39, 0.29) is 17.2 Å². The van der Waals surface area contributed by atoms with E-state index in [1.54, 1.807) is 13.8 Å². The molecular weight excluding hydrogens is 308 g/mol. The van der Waals surface area contributed by atoms with Gasteiger partial charge in [0, 0.05) is 29.4 Å². The second-order valence-corrected chi connectivity index (χ2v) is 8.74. The number of nitrogens with one attached hydrogen (secondary N) is 1. The summed E-state index contributed by atoms with van der Waals surface area (Å²) in [6.07, 6.45) is 2.75. The van der Waals surface area contributed by atoms with Crippen molar-refractivity contribution in [3.63, 3.8) is 0 Å². The summed E-state index contributed by atoms with van der Waals surface area (Å²) in [5, 5.41) is -0.389. The Hall–Kier alpha value is -1.72. The van der Waals surface area contributed by atoms with Crippen molar-refractivity contribution in [2.24, 2.45) is 0 Å². The van der Waals surface area contributed by atoms with Crippen LogP contribution in [-0.2, 0) is 10.0 Å². The van der Waals surface area contributed by atoms with E-state index < -0.39 is 10.0 Å². The van der Waals surface area contributed by atoms with Crippen molar-refractivity contribution >= 4 is 10.0 Å². The summed E-state index contributed by atoms with van der Waals surface area (Å²) in [5.41, 5.74) is 4.41. The van der Waals surface area contributed by atoms with Gasteiger partial charge in [0.2, 0.25) is 10.0 Å². The molecule has 1 fully saturated rings. The highest BCUT2D eigenvalue weighted by atomic mass is 32.2. The van der Waals surface area contributed by atoms with Crippen LogP contribution in [0.1, 0.15) is 37.4 Å². The second-order valence-electron chi connectivity index (χ2n) is 6.47. The summed E-state index contributed by atoms with van der Waals surface area (Å²) in [6, 6.07) is 12.4. The van der Waals surface area contributed by atoms with E-state index in [1.165, 1.54) is 5.56 Å². The molecule has 5 heteroatoms. The number of benzene rings is 1. The highest BCUT2D eigenvalue weighted by Crippen LogP contribution is 2.41. The third kappa shape index (κ3) is 3.62. The van der Waals surface area contributed by atoms with Gasteiger partial charge in [0.1, 0.15) is 0 Å². The number of rotatable bonds is 5. The van der Waals surface area contributed by atoms with Crippen molar-refractivity contribution in [1.82, 2.24) is 9.71 Å². The number of nitrogens with zero attached hydrogens (tertiary/aromatic N) is 1. The molecule has 0 bridgehead atoms. The summed E-state index contributed by atoms with van der Waals surface area (Å²) in [6.45, 7) is 5.37. The van der Waals surface area contributed by atoms with Crippen LogP contribution in [0.3, 0.4) is 0 Å². The van der Waals surface area contributed by atoms with Crippen LogP contribution >= 0.6 is 0 Å². The van der Waals surface area contributed by atoms with Crippen molar-refractivity contribution in [2.45, 2.75) is 44.4 Å². The van der Waals surface area contributed by atoms with E-state index in [0.717, 1.165) is 23.2 Å². The largest absolute Gasteiger partial charge is 0.261 e. The maximum absolute atomic E-state index is 11.9. The molecule has 0 spiro atoms. The molecule has 1 aromatic heterocycles. The third-order valence-corrected chi connectivity index (χ3v) is 6.18. The molecule has 0 saturated heterocycles. The van der Waals surface area contributed by atoms with E-state index in [9.17, 15) is 8.42 Å². The first-order valence-corrected chi connectivity index (χ1v) is 9.45. The Morgan fingerprint density at radius 1 is 1.09 bits per heavy atom. The summed E-state index contributed by atoms with van der Waals surface area (Å²) in [4.78, 5) is 4.32. The number of hydrogen-bond donors (Lipinski definition) is 1. The molecule has 3 rings (SSSR count). The Morgan fingerprint density at radius 2 is 1.74 bits per heavy atom. The van der Waals surface area contributed by atoms with Gasteiger partial charge in [-0.3, -0.25) is 4.98 Å². The summed E-state index contributed by atoms with van der Waals surface area (Å²) in [5.74, 6) is 0.286. The second kappa shape index (κ2) is 6.06. The molecule has 4 nitrogen and oxygen atoms in total. The Bertz CT molecular complexity index is 781. The maximum Gasteiger partial charge on any atom is 0.214 e. The smallest absolute Gasteiger partial charge is 0.214 e. The van der Waals surface area contributed by atoms with Crippen LogP contribution in [-0.4, -0.2) is 24.7 Å². The first kappa shape index (κ1) is 16.1. The highest BCUT2D eigenvalue weighted by molar-refractivity contribution is 7.90. The predicted molar refractivity (Wildman–Crippen MR) is 92.7 cm³/mol. The molecule has 23 heavy (non-hydrogen) atoms. The molecule has 2 unspecified atom stereocenters. The van der Waals surface area contributed by atoms with Gasteiger partial charge in [-0.1, -0.05) is 30.3 Å². The number of aryl methyl sites for hydroxylation is 1. The van der Waals surface area contributed by atoms with Gasteiger partial charge in [0.15, 0.2) is 0 Å². The van der Waals surface area contributed by atoms with E-state index in [4.69, 9.17) is 0 Å². The zero-order valence-electron chi connectivity index (χ0n) is 13.7. The summed E-state index contributed by atoms with van der Waals surface area (Å²) < 4.78 is 26.6. The van der Waals surface area contributed by atoms with E-state index >= 15 is 0 Å². The molecular formula is C18H22N2O2S. The minimum absolute atomic E-state index is 0.0364. The maximum atomic E-state index is 11.9. The van der Waals surface area contributed by atoms with Crippen LogP contribution in [0.2, 0.25) is 0 Å². The van der Waals surface area contributed by atoms with Crippen LogP contribution < -0.4 is 4.72 Å². The van der Waals surface area contributed by atoms with Crippen molar-refractivity contribution in [1.29, 1.82) is 0 Å². The average molecular weight is 330 g/mol. The minimum Gasteiger partial charge on any atom is -0.261 e. The van der Waals surface area contributed by atoms with Gasteiger partial charge in [-0.05, 0) is 44.4 Å². The monoisotopic (exact) mass is 330 g/mol. The topological polar surface area (TPSA) is 59.1 Å². The molecule has 122 valence electrons. The fraction of sp³-hybridized carbons (Fsp3) is 0.389. The molecule has 1 aromatic carbocycles. The fourth-order valence-electron chi connectivity index (χ4n) is 2.60. The van der Waals surface area contributed by atoms with Crippen molar-refractivity contribution in [2.75, 3.05) is 0 Å². The number of aromatic nitrogens is 1. The molecule has 1 aliphatic carbocycles. The Balaban J connectivity index is 1.69. The average Bonchev–Trinajstić information content (AvgIpc) is 3.26. The van der Waals surface area contributed by atoms with Crippen LogP contribution in [0.5, 0.6) is 0 Å². The molecule has 2 aromatic rings. The first-order valence-electron chi connectivity index (χ1n) is 7.91. The van der Waals surface area contributed by atoms with Crippen molar-refractivity contribution in [3.05, 3.63) is 53.9 Å². The Labute approximate surface area is 138 Å². The van der Waals surface area contributed by atoms with Gasteiger partial charge in [-0.25, -0.2) is 13.1 Å². The lowest BCUT2D eigenvalue weighted by molar-refractivity contribution is 0.571. The molecule has 1 N–H and O–H groups in total. The standard InChI is InChI=1S/C18H22N2O2S/c1-12(2)23(21,22)20-18-10-17(18)15-8-6-14(7-9-15)16-5-4-13(3)19-11-16/h4-9,11-12,17-18,20H,10H2,1-3H3. The Morgan fingerprint density at radius 3 is 2.30 bits per heavy atom. The van der Waals surface area contributed by atoms with Gasteiger partial charge in [-0.15, -0.1) is 0 Å². The van der Waals surface area contributed by atoms with Crippen molar-refractivity contribution in [3.8, 4) is 11.1 Å². The Kier molecular flexibility index (Phi) is 4.25. The zero-order chi connectivity index (χ0) is 16.6. The van der Waals surface area contributed by atoms with Crippen molar-refractivity contribution < 1.29 is 8.42 Å². The van der Waals surface area contributed by atoms with Gasteiger partial charge in [0.25, 0.3) is 0 Å². The summed E-state index contributed by atoms with van der Waals surface area (Å²) in [7, 11) is -3.19. The van der Waals surface area contributed by atoms with E-state index in [1.807, 2.05) is 19.2 Å². The van der Waals surface area contributed by atoms with Gasteiger partial charge >= 0.3 is 0 Å². The van der Waals surface area contributed by atoms with Crippen LogP contribution in [0, 0.1) is 6.92 Å². The lowest BCUT2D eigenvalue weighted by Crippen LogP contribution is -2.33. The van der Waals surface area contributed by atoms with Gasteiger partial charge in [-0.2, -0.15) is 0 Å². The molecule has 2 atom stereocenters. The lowest BCUT2D eigenvalue weighted by Gasteiger charge is -2.09. The van der Waals surface area contributed by atoms with Crippen LogP contribution in [0.4, 0.5) is 0 Å². The number of pyridine rings is 1. The lowest BCUT2D eigenvalue weighted by atomic mass is 10.0. The summed E-state index contributed by atoms with van der Waals surface area (Å²) >= 11 is 0. The van der Waals surface area contributed by atoms with Crippen LogP contribution in [0.25, 0.3) is 11.1 Å². The molecule has 1 saturated carbocycles. The zero-order valence-corrected chi connectivity index (χ0v) is 14.5. The minimum atomic E-state index is -3.19. The quantitative estimate of drug-likeness (QED) is 0.915. The molecule has 0 aliphatic heterocycles. The normalized spacial score (nSPS) is 20.7. The van der Waals surface area contributed by atoms with E-state index in [0.29, 0.717) is 0 Å². The number of hydrogen-bond acceptors (Lipinski definition) is 3. The highest BCUT2D eigenvalue weighted by Gasteiger charge is 2.41. The van der Waals surface area contributed by atoms with Gasteiger partial charge < -0.3 is 0 Å². The SMILES string of the molecule is Cc1ccc(-c2ccc(C3CC3NS(=O)(=O)C(C)C)cc2)cn1. The molecule has 1 heterocycles. The molecule has 1 aliphatic rings. The van der Waals surface area contributed by atoms with Gasteiger partial charge in [0.05, 0.1) is 5.25 Å². The molecule has 0 radical (unpaired) electrons. The molecule has 0 amide bonds. The predicted octanol–water partition coefficient (Wildman–Crippen LogP) is 3.24. The third-order valence-electron chi connectivity index (χ3n) is 4.31. The van der Waals surface area contributed by atoms with Crippen LogP contribution in [0.15, 0.2) is 42.6 Å². The fourth-order valence-corrected chi connectivity index (χ4v) is 3.56. The van der Waals surface area contributed by atoms with E-state index in [2.05, 4.69) is 40.0 Å². The number of sulfonamides is 1. The first-order chi connectivity index (χ1) is 10.9.